The summed E-state index contributed by atoms with van der Waals surface area (Å²) >= 11 is 2.01. The quantitative estimate of drug-likeness (QED) is 0.759. The van der Waals surface area contributed by atoms with E-state index in [9.17, 15) is 5.11 Å². The molecule has 2 aliphatic carbocycles. The van der Waals surface area contributed by atoms with E-state index in [4.69, 9.17) is 5.73 Å². The summed E-state index contributed by atoms with van der Waals surface area (Å²) in [6.45, 7) is 0.164. The molecule has 2 saturated carbocycles. The molecule has 0 amide bonds. The Hall–Kier alpha value is 0.270. The number of hydrogen-bond donors (Lipinski definition) is 2. The van der Waals surface area contributed by atoms with Gasteiger partial charge < -0.3 is 10.8 Å². The molecule has 2 aliphatic rings. The molecular formula is C12H23NOS. The largest absolute Gasteiger partial charge is 0.394 e. The molecule has 0 aromatic carbocycles. The van der Waals surface area contributed by atoms with Crippen LogP contribution in [0.25, 0.3) is 0 Å². The zero-order valence-corrected chi connectivity index (χ0v) is 10.3. The Kier molecular flexibility index (Phi) is 3.97. The molecule has 0 aliphatic heterocycles. The molecule has 0 radical (unpaired) electrons. The molecular weight excluding hydrogens is 206 g/mol. The topological polar surface area (TPSA) is 46.2 Å². The van der Waals surface area contributed by atoms with E-state index in [0.717, 1.165) is 11.0 Å². The lowest BCUT2D eigenvalue weighted by Crippen LogP contribution is -2.49. The summed E-state index contributed by atoms with van der Waals surface area (Å²) in [5.41, 5.74) is 5.97. The maximum atomic E-state index is 9.39. The van der Waals surface area contributed by atoms with Crippen LogP contribution >= 0.6 is 11.8 Å². The molecule has 3 N–H and O–H groups in total. The van der Waals surface area contributed by atoms with E-state index in [1.54, 1.807) is 0 Å². The predicted octanol–water partition coefficient (Wildman–Crippen LogP) is 2.15. The second-order valence-corrected chi connectivity index (χ2v) is 6.53. The summed E-state index contributed by atoms with van der Waals surface area (Å²) in [5, 5.41) is 10.2. The zero-order valence-electron chi connectivity index (χ0n) is 9.45. The van der Waals surface area contributed by atoms with Crippen molar-refractivity contribution >= 4 is 11.8 Å². The van der Waals surface area contributed by atoms with Gasteiger partial charge in [-0.15, -0.1) is 0 Å². The van der Waals surface area contributed by atoms with Gasteiger partial charge in [0.15, 0.2) is 0 Å². The van der Waals surface area contributed by atoms with E-state index in [0.29, 0.717) is 5.92 Å². The van der Waals surface area contributed by atoms with Crippen molar-refractivity contribution in [2.75, 3.05) is 12.4 Å². The normalized spacial score (nSPS) is 27.6. The second-order valence-electron chi connectivity index (χ2n) is 5.24. The summed E-state index contributed by atoms with van der Waals surface area (Å²) in [4.78, 5) is 0. The molecule has 88 valence electrons. The van der Waals surface area contributed by atoms with Crippen LogP contribution in [0.2, 0.25) is 0 Å². The Labute approximate surface area is 97.0 Å². The van der Waals surface area contributed by atoms with Gasteiger partial charge in [-0.1, -0.05) is 19.3 Å². The molecule has 0 spiro atoms. The van der Waals surface area contributed by atoms with Crippen molar-refractivity contribution in [1.29, 1.82) is 0 Å². The average Bonchev–Trinajstić information content (AvgIpc) is 3.11. The van der Waals surface area contributed by atoms with Gasteiger partial charge in [0, 0.05) is 11.0 Å². The molecule has 0 saturated heterocycles. The smallest absolute Gasteiger partial charge is 0.0622 e. The van der Waals surface area contributed by atoms with Crippen LogP contribution in [-0.4, -0.2) is 28.3 Å². The first-order valence-electron chi connectivity index (χ1n) is 6.26. The van der Waals surface area contributed by atoms with E-state index in [1.807, 2.05) is 11.8 Å². The van der Waals surface area contributed by atoms with Gasteiger partial charge in [0.25, 0.3) is 0 Å². The average molecular weight is 229 g/mol. The van der Waals surface area contributed by atoms with Crippen LogP contribution in [0.3, 0.4) is 0 Å². The van der Waals surface area contributed by atoms with Gasteiger partial charge in [0.2, 0.25) is 0 Å². The Bertz CT molecular complexity index is 202. The van der Waals surface area contributed by atoms with Crippen LogP contribution in [0, 0.1) is 5.92 Å². The third-order valence-electron chi connectivity index (χ3n) is 3.82. The van der Waals surface area contributed by atoms with Crippen LogP contribution in [0.4, 0.5) is 0 Å². The van der Waals surface area contributed by atoms with Crippen molar-refractivity contribution in [3.05, 3.63) is 0 Å². The lowest BCUT2D eigenvalue weighted by atomic mass is 9.98. The van der Waals surface area contributed by atoms with Crippen LogP contribution in [0.5, 0.6) is 0 Å². The second kappa shape index (κ2) is 5.07. The highest BCUT2D eigenvalue weighted by Crippen LogP contribution is 2.41. The lowest BCUT2D eigenvalue weighted by molar-refractivity contribution is 0.194. The van der Waals surface area contributed by atoms with Crippen molar-refractivity contribution < 1.29 is 5.11 Å². The van der Waals surface area contributed by atoms with Gasteiger partial charge >= 0.3 is 0 Å². The number of rotatable bonds is 5. The molecule has 2 rings (SSSR count). The van der Waals surface area contributed by atoms with Gasteiger partial charge in [-0.05, 0) is 31.6 Å². The first kappa shape index (κ1) is 11.7. The number of hydrogen-bond acceptors (Lipinski definition) is 3. The summed E-state index contributed by atoms with van der Waals surface area (Å²) in [6.07, 6.45) is 9.35. The maximum Gasteiger partial charge on any atom is 0.0622 e. The first-order valence-corrected chi connectivity index (χ1v) is 7.31. The van der Waals surface area contributed by atoms with Crippen LogP contribution in [0.1, 0.15) is 44.9 Å². The number of aliphatic hydroxyl groups is 1. The number of aliphatic hydroxyl groups excluding tert-OH is 1. The number of nitrogens with two attached hydrogens (primary N) is 1. The predicted molar refractivity (Wildman–Crippen MR) is 66.1 cm³/mol. The fraction of sp³-hybridized carbons (Fsp3) is 1.00. The fourth-order valence-electron chi connectivity index (χ4n) is 2.46. The van der Waals surface area contributed by atoms with Gasteiger partial charge in [0.05, 0.1) is 12.1 Å². The van der Waals surface area contributed by atoms with Crippen LogP contribution < -0.4 is 5.73 Å². The van der Waals surface area contributed by atoms with Crippen molar-refractivity contribution in [3.63, 3.8) is 0 Å². The van der Waals surface area contributed by atoms with Crippen LogP contribution in [-0.2, 0) is 0 Å². The minimum atomic E-state index is -0.276. The third-order valence-corrected chi connectivity index (χ3v) is 5.47. The van der Waals surface area contributed by atoms with Crippen molar-refractivity contribution in [1.82, 2.24) is 0 Å². The maximum absolute atomic E-state index is 9.39. The third kappa shape index (κ3) is 3.11. The van der Waals surface area contributed by atoms with Gasteiger partial charge in [-0.3, -0.25) is 0 Å². The molecule has 3 heteroatoms. The molecule has 1 atom stereocenters. The van der Waals surface area contributed by atoms with Crippen molar-refractivity contribution in [2.45, 2.75) is 55.7 Å². The molecule has 15 heavy (non-hydrogen) atoms. The molecule has 0 aromatic heterocycles. The van der Waals surface area contributed by atoms with E-state index in [2.05, 4.69) is 0 Å². The Balaban J connectivity index is 1.74. The Morgan fingerprint density at radius 2 is 1.80 bits per heavy atom. The SMILES string of the molecule is NC(CO)(CSC1CCCCC1)C1CC1. The lowest BCUT2D eigenvalue weighted by Gasteiger charge is -2.30. The van der Waals surface area contributed by atoms with Crippen molar-refractivity contribution in [2.24, 2.45) is 11.7 Å². The van der Waals surface area contributed by atoms with Gasteiger partial charge in [-0.2, -0.15) is 11.8 Å². The highest BCUT2D eigenvalue weighted by Gasteiger charge is 2.41. The molecule has 2 fully saturated rings. The summed E-state index contributed by atoms with van der Waals surface area (Å²) in [5.74, 6) is 1.55. The standard InChI is InChI=1S/C12H23NOS/c13-12(8-14,10-6-7-10)9-15-11-4-2-1-3-5-11/h10-11,14H,1-9,13H2. The highest BCUT2D eigenvalue weighted by molar-refractivity contribution is 8.00. The molecule has 0 heterocycles. The fourth-order valence-corrected chi connectivity index (χ4v) is 4.00. The summed E-state index contributed by atoms with van der Waals surface area (Å²) in [6, 6.07) is 0. The molecule has 0 bridgehead atoms. The molecule has 2 nitrogen and oxygen atoms in total. The Morgan fingerprint density at radius 1 is 1.13 bits per heavy atom. The highest BCUT2D eigenvalue weighted by atomic mass is 32.2. The summed E-state index contributed by atoms with van der Waals surface area (Å²) in [7, 11) is 0. The monoisotopic (exact) mass is 229 g/mol. The summed E-state index contributed by atoms with van der Waals surface area (Å²) < 4.78 is 0. The molecule has 1 unspecified atom stereocenters. The van der Waals surface area contributed by atoms with E-state index >= 15 is 0 Å². The van der Waals surface area contributed by atoms with E-state index < -0.39 is 0 Å². The van der Waals surface area contributed by atoms with Gasteiger partial charge in [0.1, 0.15) is 0 Å². The van der Waals surface area contributed by atoms with Crippen molar-refractivity contribution in [3.8, 4) is 0 Å². The minimum absolute atomic E-state index is 0.164. The minimum Gasteiger partial charge on any atom is -0.394 e. The van der Waals surface area contributed by atoms with E-state index in [-0.39, 0.29) is 12.1 Å². The van der Waals surface area contributed by atoms with Crippen LogP contribution in [0.15, 0.2) is 0 Å². The first-order chi connectivity index (χ1) is 7.24. The van der Waals surface area contributed by atoms with Gasteiger partial charge in [-0.25, -0.2) is 0 Å². The van der Waals surface area contributed by atoms with E-state index in [1.165, 1.54) is 44.9 Å². The zero-order chi connectivity index (χ0) is 10.7. The molecule has 0 aromatic rings. The number of thioether (sulfide) groups is 1. The Morgan fingerprint density at radius 3 is 2.33 bits per heavy atom.